The first-order valence-corrected chi connectivity index (χ1v) is 9.30. The second-order valence-corrected chi connectivity index (χ2v) is 9.00. The lowest BCUT2D eigenvalue weighted by Gasteiger charge is -2.58. The molecular formula is C20H30O2. The Labute approximate surface area is 134 Å². The van der Waals surface area contributed by atoms with Gasteiger partial charge in [0.25, 0.3) is 0 Å². The van der Waals surface area contributed by atoms with Gasteiger partial charge in [-0.2, -0.15) is 0 Å². The predicted octanol–water partition coefficient (Wildman–Crippen LogP) is 4.13. The maximum absolute atomic E-state index is 12.4. The van der Waals surface area contributed by atoms with E-state index in [0.717, 1.165) is 44.4 Å². The van der Waals surface area contributed by atoms with Crippen LogP contribution in [-0.2, 0) is 4.79 Å². The number of hydrogen-bond donors (Lipinski definition) is 1. The number of aliphatic hydroxyl groups excluding tert-OH is 1. The fourth-order valence-corrected chi connectivity index (χ4v) is 6.83. The van der Waals surface area contributed by atoms with E-state index in [4.69, 9.17) is 0 Å². The van der Waals surface area contributed by atoms with Gasteiger partial charge in [0.2, 0.25) is 0 Å². The van der Waals surface area contributed by atoms with E-state index in [1.165, 1.54) is 12.0 Å². The summed E-state index contributed by atoms with van der Waals surface area (Å²) in [5.41, 5.74) is 1.78. The third-order valence-electron chi connectivity index (χ3n) is 8.26. The molecule has 4 aliphatic carbocycles. The van der Waals surface area contributed by atoms with Crippen molar-refractivity contribution in [2.24, 2.45) is 34.5 Å². The molecule has 0 saturated heterocycles. The number of fused-ring (bicyclic) bond motifs is 5. The van der Waals surface area contributed by atoms with Crippen LogP contribution in [0.4, 0.5) is 0 Å². The molecule has 1 N–H and O–H groups in total. The van der Waals surface area contributed by atoms with Gasteiger partial charge in [0.1, 0.15) is 5.78 Å². The summed E-state index contributed by atoms with van der Waals surface area (Å²) in [6.07, 6.45) is 9.75. The zero-order valence-corrected chi connectivity index (χ0v) is 14.3. The van der Waals surface area contributed by atoms with E-state index in [1.54, 1.807) is 0 Å². The molecule has 3 saturated carbocycles. The number of carbonyl (C=O) groups is 1. The molecule has 0 aromatic carbocycles. The van der Waals surface area contributed by atoms with Gasteiger partial charge in [0.05, 0.1) is 6.10 Å². The summed E-state index contributed by atoms with van der Waals surface area (Å²) in [7, 11) is 0. The van der Waals surface area contributed by atoms with Crippen LogP contribution in [0.25, 0.3) is 0 Å². The Morgan fingerprint density at radius 2 is 1.77 bits per heavy atom. The molecule has 0 aromatic heterocycles. The molecule has 122 valence electrons. The highest BCUT2D eigenvalue weighted by molar-refractivity contribution is 5.87. The van der Waals surface area contributed by atoms with E-state index in [0.29, 0.717) is 23.5 Å². The van der Waals surface area contributed by atoms with Gasteiger partial charge in [-0.25, -0.2) is 0 Å². The van der Waals surface area contributed by atoms with Crippen LogP contribution in [0.5, 0.6) is 0 Å². The van der Waals surface area contributed by atoms with Crippen LogP contribution < -0.4 is 0 Å². The minimum Gasteiger partial charge on any atom is -0.393 e. The Morgan fingerprint density at radius 3 is 2.55 bits per heavy atom. The van der Waals surface area contributed by atoms with Crippen LogP contribution in [0.1, 0.15) is 65.7 Å². The van der Waals surface area contributed by atoms with Crippen LogP contribution in [-0.4, -0.2) is 17.0 Å². The van der Waals surface area contributed by atoms with E-state index in [2.05, 4.69) is 26.8 Å². The van der Waals surface area contributed by atoms with Crippen molar-refractivity contribution in [3.63, 3.8) is 0 Å². The quantitative estimate of drug-likeness (QED) is 0.683. The minimum atomic E-state index is -0.155. The first-order chi connectivity index (χ1) is 10.4. The van der Waals surface area contributed by atoms with Gasteiger partial charge >= 0.3 is 0 Å². The van der Waals surface area contributed by atoms with Crippen molar-refractivity contribution in [2.75, 3.05) is 0 Å². The highest BCUT2D eigenvalue weighted by atomic mass is 16.3. The first-order valence-electron chi connectivity index (χ1n) is 9.30. The second kappa shape index (κ2) is 4.69. The fourth-order valence-electron chi connectivity index (χ4n) is 6.83. The molecule has 4 aliphatic rings. The minimum absolute atomic E-state index is 0.0251. The first kappa shape index (κ1) is 14.9. The third kappa shape index (κ3) is 1.74. The van der Waals surface area contributed by atoms with Gasteiger partial charge in [-0.1, -0.05) is 32.4 Å². The van der Waals surface area contributed by atoms with Gasteiger partial charge in [0, 0.05) is 17.8 Å². The Balaban J connectivity index is 1.71. The molecule has 0 spiro atoms. The number of hydrogen-bond acceptors (Lipinski definition) is 2. The molecule has 7 atom stereocenters. The molecule has 0 heterocycles. The third-order valence-corrected chi connectivity index (χ3v) is 8.26. The van der Waals surface area contributed by atoms with Crippen LogP contribution >= 0.6 is 0 Å². The number of aliphatic hydroxyl groups is 1. The summed E-state index contributed by atoms with van der Waals surface area (Å²) in [5, 5.41) is 10.3. The van der Waals surface area contributed by atoms with E-state index >= 15 is 0 Å². The number of rotatable bonds is 0. The number of Topliss-reactive ketones (excluding diaryl/α,β-unsaturated/α-hetero) is 1. The number of ketones is 1. The molecule has 0 aliphatic heterocycles. The molecule has 0 amide bonds. The molecule has 3 fully saturated rings. The molecule has 0 bridgehead atoms. The van der Waals surface area contributed by atoms with Crippen molar-refractivity contribution < 1.29 is 9.90 Å². The van der Waals surface area contributed by atoms with Crippen molar-refractivity contribution in [3.8, 4) is 0 Å². The van der Waals surface area contributed by atoms with Crippen molar-refractivity contribution in [3.05, 3.63) is 11.6 Å². The number of allylic oxidation sites excluding steroid dienone is 1. The fraction of sp³-hybridized carbons (Fsp3) is 0.850. The molecule has 4 rings (SSSR count). The van der Waals surface area contributed by atoms with Crippen LogP contribution in [0.3, 0.4) is 0 Å². The zero-order valence-electron chi connectivity index (χ0n) is 14.3. The molecule has 0 unspecified atom stereocenters. The lowest BCUT2D eigenvalue weighted by atomic mass is 9.47. The van der Waals surface area contributed by atoms with Crippen LogP contribution in [0, 0.1) is 34.5 Å². The van der Waals surface area contributed by atoms with E-state index < -0.39 is 0 Å². The van der Waals surface area contributed by atoms with Gasteiger partial charge < -0.3 is 5.11 Å². The number of carbonyl (C=O) groups excluding carboxylic acids is 1. The molecule has 2 nitrogen and oxygen atoms in total. The summed E-state index contributed by atoms with van der Waals surface area (Å²) in [6, 6.07) is 0. The maximum atomic E-state index is 12.4. The second-order valence-electron chi connectivity index (χ2n) is 9.00. The topological polar surface area (TPSA) is 37.3 Å². The summed E-state index contributed by atoms with van der Waals surface area (Å²) < 4.78 is 0. The lowest BCUT2D eigenvalue weighted by molar-refractivity contribution is -0.132. The van der Waals surface area contributed by atoms with Crippen molar-refractivity contribution in [2.45, 2.75) is 71.8 Å². The highest BCUT2D eigenvalue weighted by Gasteiger charge is 2.59. The summed E-state index contributed by atoms with van der Waals surface area (Å²) >= 11 is 0. The average molecular weight is 302 g/mol. The Bertz CT molecular complexity index is 536. The van der Waals surface area contributed by atoms with Crippen LogP contribution in [0.15, 0.2) is 11.6 Å². The van der Waals surface area contributed by atoms with E-state index in [1.807, 2.05) is 0 Å². The molecule has 0 radical (unpaired) electrons. The lowest BCUT2D eigenvalue weighted by Crippen LogP contribution is -2.52. The summed E-state index contributed by atoms with van der Waals surface area (Å²) in [4.78, 5) is 12.4. The monoisotopic (exact) mass is 302 g/mol. The molecule has 22 heavy (non-hydrogen) atoms. The molecular weight excluding hydrogens is 272 g/mol. The summed E-state index contributed by atoms with van der Waals surface area (Å²) in [5.74, 6) is 2.88. The average Bonchev–Trinajstić information content (AvgIpc) is 2.79. The largest absolute Gasteiger partial charge is 0.393 e. The van der Waals surface area contributed by atoms with Crippen molar-refractivity contribution in [1.82, 2.24) is 0 Å². The van der Waals surface area contributed by atoms with Crippen molar-refractivity contribution >= 4 is 5.78 Å². The van der Waals surface area contributed by atoms with Crippen molar-refractivity contribution in [1.29, 1.82) is 0 Å². The van der Waals surface area contributed by atoms with Gasteiger partial charge in [0.15, 0.2) is 0 Å². The smallest absolute Gasteiger partial charge is 0.139 e. The maximum Gasteiger partial charge on any atom is 0.139 e. The molecule has 0 aromatic rings. The normalized spacial score (nSPS) is 54.3. The Hall–Kier alpha value is -0.630. The summed E-state index contributed by atoms with van der Waals surface area (Å²) in [6.45, 7) is 6.91. The molecule has 2 heteroatoms. The Morgan fingerprint density at radius 1 is 1.09 bits per heavy atom. The van der Waals surface area contributed by atoms with E-state index in [9.17, 15) is 9.90 Å². The van der Waals surface area contributed by atoms with Crippen LogP contribution in [0.2, 0.25) is 0 Å². The Kier molecular flexibility index (Phi) is 3.18. The highest BCUT2D eigenvalue weighted by Crippen LogP contribution is 2.64. The van der Waals surface area contributed by atoms with E-state index in [-0.39, 0.29) is 16.9 Å². The SMILES string of the molecule is C[C@H]1C2=CC[C@@H]3[C@H](CC[C@]4(C)C(=O)CC[C@@H]34)[C@@]2(C)CC[C@H]1O. The predicted molar refractivity (Wildman–Crippen MR) is 87.3 cm³/mol. The van der Waals surface area contributed by atoms with Gasteiger partial charge in [-0.3, -0.25) is 4.79 Å². The van der Waals surface area contributed by atoms with Gasteiger partial charge in [-0.15, -0.1) is 0 Å². The zero-order chi connectivity index (χ0) is 15.7. The van der Waals surface area contributed by atoms with Gasteiger partial charge in [-0.05, 0) is 61.7 Å². The standard InChI is InChI=1S/C20H30O2/c1-12-14-5-4-13-15-6-7-18(22)20(15,3)10-8-16(13)19(14,2)11-9-17(12)21/h5,12-13,15-17,21H,4,6-11H2,1-3H3/t12-,13-,15-,16-,17+,19-,20-/m0/s1.